The average molecular weight is 348 g/mol. The fourth-order valence-corrected chi connectivity index (χ4v) is 3.46. The van der Waals surface area contributed by atoms with Gasteiger partial charge in [0.05, 0.1) is 7.11 Å². The van der Waals surface area contributed by atoms with Gasteiger partial charge in [0, 0.05) is 37.2 Å². The first-order valence-electron chi connectivity index (χ1n) is 9.38. The molecule has 1 N–H and O–H groups in total. The van der Waals surface area contributed by atoms with Gasteiger partial charge in [-0.1, -0.05) is 13.8 Å². The highest BCUT2D eigenvalue weighted by Gasteiger charge is 2.34. The van der Waals surface area contributed by atoms with Gasteiger partial charge in [-0.3, -0.25) is 4.79 Å². The van der Waals surface area contributed by atoms with Gasteiger partial charge in [0.15, 0.2) is 0 Å². The second-order valence-electron chi connectivity index (χ2n) is 7.59. The molecule has 1 aromatic rings. The molecule has 1 amide bonds. The van der Waals surface area contributed by atoms with Crippen LogP contribution in [0, 0.1) is 11.7 Å². The summed E-state index contributed by atoms with van der Waals surface area (Å²) in [6.07, 6.45) is 3.96. The molecule has 1 aliphatic heterocycles. The topological polar surface area (TPSA) is 41.6 Å². The summed E-state index contributed by atoms with van der Waals surface area (Å²) >= 11 is 0. The number of rotatable bonds is 6. The van der Waals surface area contributed by atoms with E-state index in [0.29, 0.717) is 35.7 Å². The molecule has 1 aliphatic carbocycles. The third-order valence-electron chi connectivity index (χ3n) is 5.36. The Morgan fingerprint density at radius 1 is 1.28 bits per heavy atom. The van der Waals surface area contributed by atoms with Crippen molar-refractivity contribution in [1.29, 1.82) is 0 Å². The highest BCUT2D eigenvalue weighted by molar-refractivity contribution is 5.81. The minimum absolute atomic E-state index is 0.211. The van der Waals surface area contributed by atoms with Gasteiger partial charge < -0.3 is 15.0 Å². The zero-order chi connectivity index (χ0) is 18.0. The predicted molar refractivity (Wildman–Crippen MR) is 96.2 cm³/mol. The van der Waals surface area contributed by atoms with E-state index < -0.39 is 0 Å². The first-order valence-corrected chi connectivity index (χ1v) is 9.38. The van der Waals surface area contributed by atoms with E-state index in [4.69, 9.17) is 4.74 Å². The number of likely N-dealkylation sites (tertiary alicyclic amines) is 1. The number of carbonyl (C=O) groups excluding carboxylic acids is 1. The molecule has 0 aromatic heterocycles. The number of nitrogens with one attached hydrogen (secondary N) is 1. The molecule has 3 rings (SSSR count). The highest BCUT2D eigenvalue weighted by atomic mass is 19.1. The third-order valence-corrected chi connectivity index (χ3v) is 5.36. The number of hydrogen-bond acceptors (Lipinski definition) is 3. The Balaban J connectivity index is 1.56. The van der Waals surface area contributed by atoms with E-state index in [1.54, 1.807) is 13.2 Å². The zero-order valence-electron chi connectivity index (χ0n) is 15.5. The Morgan fingerprint density at radius 3 is 2.52 bits per heavy atom. The van der Waals surface area contributed by atoms with Crippen LogP contribution in [0.3, 0.4) is 0 Å². The van der Waals surface area contributed by atoms with Crippen molar-refractivity contribution in [3.05, 3.63) is 29.1 Å². The third kappa shape index (κ3) is 4.32. The molecular formula is C20H29FN2O2. The lowest BCUT2D eigenvalue weighted by atomic mass is 9.99. The minimum Gasteiger partial charge on any atom is -0.496 e. The standard InChI is InChI=1S/C20H29FN2O2/c1-13(2)15-10-18(21)17(19(11-15)25-3)12-22-16-6-8-23(9-7-16)20(24)14-4-5-14/h10-11,13-14,16,22H,4-9,12H2,1-3H3. The number of amides is 1. The number of halogens is 1. The van der Waals surface area contributed by atoms with Gasteiger partial charge in [0.2, 0.25) is 5.91 Å². The van der Waals surface area contributed by atoms with Gasteiger partial charge >= 0.3 is 0 Å². The van der Waals surface area contributed by atoms with Gasteiger partial charge in [0.1, 0.15) is 11.6 Å². The number of nitrogens with zero attached hydrogens (tertiary/aromatic N) is 1. The van der Waals surface area contributed by atoms with Gasteiger partial charge in [-0.15, -0.1) is 0 Å². The second-order valence-corrected chi connectivity index (χ2v) is 7.59. The summed E-state index contributed by atoms with van der Waals surface area (Å²) in [6, 6.07) is 3.86. The van der Waals surface area contributed by atoms with Crippen LogP contribution in [0.25, 0.3) is 0 Å². The van der Waals surface area contributed by atoms with E-state index >= 15 is 0 Å². The molecule has 1 saturated heterocycles. The maximum Gasteiger partial charge on any atom is 0.225 e. The molecule has 4 nitrogen and oxygen atoms in total. The van der Waals surface area contributed by atoms with Crippen LogP contribution in [0.2, 0.25) is 0 Å². The Kier molecular flexibility index (Phi) is 5.62. The van der Waals surface area contributed by atoms with E-state index in [2.05, 4.69) is 5.32 Å². The van der Waals surface area contributed by atoms with E-state index in [9.17, 15) is 9.18 Å². The van der Waals surface area contributed by atoms with Gasteiger partial charge in [-0.25, -0.2) is 4.39 Å². The number of piperidine rings is 1. The Morgan fingerprint density at radius 2 is 1.96 bits per heavy atom. The zero-order valence-corrected chi connectivity index (χ0v) is 15.5. The van der Waals surface area contributed by atoms with Crippen LogP contribution in [0.15, 0.2) is 12.1 Å². The van der Waals surface area contributed by atoms with Crippen molar-refractivity contribution in [1.82, 2.24) is 10.2 Å². The normalized spacial score (nSPS) is 18.7. The minimum atomic E-state index is -0.211. The maximum atomic E-state index is 14.5. The summed E-state index contributed by atoms with van der Waals surface area (Å²) in [5.41, 5.74) is 1.54. The van der Waals surface area contributed by atoms with Crippen LogP contribution < -0.4 is 10.1 Å². The number of carbonyl (C=O) groups is 1. The molecule has 2 fully saturated rings. The van der Waals surface area contributed by atoms with Crippen LogP contribution in [0.1, 0.15) is 56.6 Å². The van der Waals surface area contributed by atoms with Crippen molar-refractivity contribution >= 4 is 5.91 Å². The van der Waals surface area contributed by atoms with Crippen molar-refractivity contribution in [2.24, 2.45) is 5.92 Å². The van der Waals surface area contributed by atoms with Gasteiger partial charge in [0.25, 0.3) is 0 Å². The molecule has 5 heteroatoms. The van der Waals surface area contributed by atoms with Crippen molar-refractivity contribution in [3.8, 4) is 5.75 Å². The van der Waals surface area contributed by atoms with E-state index in [0.717, 1.165) is 44.3 Å². The fourth-order valence-electron chi connectivity index (χ4n) is 3.46. The molecule has 0 bridgehead atoms. The average Bonchev–Trinajstić information content (AvgIpc) is 3.45. The smallest absolute Gasteiger partial charge is 0.225 e. The maximum absolute atomic E-state index is 14.5. The summed E-state index contributed by atoms with van der Waals surface area (Å²) in [4.78, 5) is 14.1. The van der Waals surface area contributed by atoms with Crippen LogP contribution in [0.5, 0.6) is 5.75 Å². The Labute approximate surface area is 149 Å². The van der Waals surface area contributed by atoms with Crippen molar-refractivity contribution in [2.45, 2.75) is 58.0 Å². The monoisotopic (exact) mass is 348 g/mol. The summed E-state index contributed by atoms with van der Waals surface area (Å²) < 4.78 is 19.9. The number of benzene rings is 1. The summed E-state index contributed by atoms with van der Waals surface area (Å²) in [6.45, 7) is 6.15. The summed E-state index contributed by atoms with van der Waals surface area (Å²) in [5.74, 6) is 1.28. The van der Waals surface area contributed by atoms with Crippen molar-refractivity contribution in [2.75, 3.05) is 20.2 Å². The van der Waals surface area contributed by atoms with E-state index in [1.165, 1.54) is 0 Å². The van der Waals surface area contributed by atoms with Gasteiger partial charge in [-0.2, -0.15) is 0 Å². The number of hydrogen-bond donors (Lipinski definition) is 1. The Hall–Kier alpha value is -1.62. The lowest BCUT2D eigenvalue weighted by Crippen LogP contribution is -2.45. The molecule has 0 radical (unpaired) electrons. The summed E-state index contributed by atoms with van der Waals surface area (Å²) in [7, 11) is 1.59. The second kappa shape index (κ2) is 7.73. The molecule has 0 atom stereocenters. The highest BCUT2D eigenvalue weighted by Crippen LogP contribution is 2.32. The largest absolute Gasteiger partial charge is 0.496 e. The molecule has 0 unspecified atom stereocenters. The Bertz CT molecular complexity index is 620. The molecule has 25 heavy (non-hydrogen) atoms. The first-order chi connectivity index (χ1) is 12.0. The van der Waals surface area contributed by atoms with Crippen LogP contribution in [-0.4, -0.2) is 37.0 Å². The predicted octanol–water partition coefficient (Wildman–Crippen LogP) is 3.45. The van der Waals surface area contributed by atoms with Crippen molar-refractivity contribution < 1.29 is 13.9 Å². The summed E-state index contributed by atoms with van der Waals surface area (Å²) in [5, 5.41) is 3.45. The van der Waals surface area contributed by atoms with Gasteiger partial charge in [-0.05, 0) is 49.3 Å². The number of methoxy groups -OCH3 is 1. The van der Waals surface area contributed by atoms with Crippen LogP contribution in [0.4, 0.5) is 4.39 Å². The van der Waals surface area contributed by atoms with Crippen LogP contribution >= 0.6 is 0 Å². The van der Waals surface area contributed by atoms with E-state index in [-0.39, 0.29) is 11.7 Å². The lowest BCUT2D eigenvalue weighted by Gasteiger charge is -2.32. The molecule has 2 aliphatic rings. The molecule has 1 heterocycles. The van der Waals surface area contributed by atoms with E-state index in [1.807, 2.05) is 24.8 Å². The lowest BCUT2D eigenvalue weighted by molar-refractivity contribution is -0.133. The SMILES string of the molecule is COc1cc(C(C)C)cc(F)c1CNC1CCN(C(=O)C2CC2)CC1. The number of ether oxygens (including phenoxy) is 1. The quantitative estimate of drug-likeness (QED) is 0.856. The van der Waals surface area contributed by atoms with Crippen molar-refractivity contribution in [3.63, 3.8) is 0 Å². The molecule has 1 aromatic carbocycles. The molecule has 138 valence electrons. The first kappa shape index (κ1) is 18.2. The molecule has 1 saturated carbocycles. The van der Waals surface area contributed by atoms with Crippen LogP contribution in [-0.2, 0) is 11.3 Å². The molecular weight excluding hydrogens is 319 g/mol. The fraction of sp³-hybridized carbons (Fsp3) is 0.650. The molecule has 0 spiro atoms.